The van der Waals surface area contributed by atoms with Crippen LogP contribution in [-0.4, -0.2) is 22.2 Å². The average Bonchev–Trinajstić information content (AvgIpc) is 2.69. The van der Waals surface area contributed by atoms with Gasteiger partial charge < -0.3 is 9.26 Å². The van der Waals surface area contributed by atoms with Crippen molar-refractivity contribution in [3.8, 4) is 11.5 Å². The molecule has 0 spiro atoms. The van der Waals surface area contributed by atoms with Gasteiger partial charge in [-0.2, -0.15) is 0 Å². The molecule has 1 atom stereocenters. The van der Waals surface area contributed by atoms with Gasteiger partial charge in [-0.05, 0) is 60.7 Å². The molecule has 1 unspecified atom stereocenters. The van der Waals surface area contributed by atoms with Crippen molar-refractivity contribution in [2.45, 2.75) is 9.79 Å². The molecule has 0 aromatic heterocycles. The van der Waals surface area contributed by atoms with E-state index in [9.17, 15) is 13.0 Å². The van der Waals surface area contributed by atoms with Gasteiger partial charge in [0.05, 0.1) is 16.9 Å². The van der Waals surface area contributed by atoms with Crippen molar-refractivity contribution in [1.82, 2.24) is 0 Å². The van der Waals surface area contributed by atoms with Crippen LogP contribution in [-0.2, 0) is 14.4 Å². The zero-order valence-electron chi connectivity index (χ0n) is 14.9. The van der Waals surface area contributed by atoms with Crippen LogP contribution in [0.2, 0.25) is 0 Å². The molecule has 0 fully saturated rings. The van der Waals surface area contributed by atoms with Crippen LogP contribution in [0, 0.1) is 0 Å². The average molecular weight is 402 g/mol. The summed E-state index contributed by atoms with van der Waals surface area (Å²) in [5, 5.41) is 0.597. The SMILES string of the molecule is COc1ccc(S(=O)(=O)c2ccc(OP(C)(=O)c3ccccc3)cc2)cc1. The fourth-order valence-corrected chi connectivity index (χ4v) is 5.13. The third-order valence-corrected chi connectivity index (χ3v) is 7.59. The maximum atomic E-state index is 12.8. The topological polar surface area (TPSA) is 69.7 Å². The third kappa shape index (κ3) is 4.24. The van der Waals surface area contributed by atoms with Gasteiger partial charge in [0, 0.05) is 12.0 Å². The second-order valence-corrected chi connectivity index (χ2v) is 10.3. The number of rotatable bonds is 6. The van der Waals surface area contributed by atoms with E-state index in [0.29, 0.717) is 16.8 Å². The summed E-state index contributed by atoms with van der Waals surface area (Å²) in [5.41, 5.74) is 0. The highest BCUT2D eigenvalue weighted by atomic mass is 32.2. The van der Waals surface area contributed by atoms with Crippen LogP contribution in [0.25, 0.3) is 0 Å². The molecule has 3 rings (SSSR count). The van der Waals surface area contributed by atoms with Gasteiger partial charge in [0.2, 0.25) is 9.84 Å². The molecule has 0 radical (unpaired) electrons. The second-order valence-electron chi connectivity index (χ2n) is 5.92. The molecule has 0 aliphatic rings. The number of hydrogen-bond donors (Lipinski definition) is 0. The minimum Gasteiger partial charge on any atom is -0.497 e. The molecule has 0 heterocycles. The van der Waals surface area contributed by atoms with Gasteiger partial charge in [0.15, 0.2) is 0 Å². The van der Waals surface area contributed by atoms with Gasteiger partial charge in [-0.3, -0.25) is 4.57 Å². The van der Waals surface area contributed by atoms with Crippen molar-refractivity contribution in [3.05, 3.63) is 78.9 Å². The maximum absolute atomic E-state index is 12.8. The Hall–Kier alpha value is -2.56. The molecule has 0 saturated carbocycles. The highest BCUT2D eigenvalue weighted by molar-refractivity contribution is 7.91. The lowest BCUT2D eigenvalue weighted by molar-refractivity contribution is 0.414. The van der Waals surface area contributed by atoms with Gasteiger partial charge in [0.1, 0.15) is 11.5 Å². The first kappa shape index (κ1) is 19.2. The highest BCUT2D eigenvalue weighted by Gasteiger charge is 2.22. The van der Waals surface area contributed by atoms with Crippen LogP contribution in [0.1, 0.15) is 0 Å². The van der Waals surface area contributed by atoms with E-state index >= 15 is 0 Å². The summed E-state index contributed by atoms with van der Waals surface area (Å²) in [6.45, 7) is 1.53. The summed E-state index contributed by atoms with van der Waals surface area (Å²) in [6.07, 6.45) is 0. The minimum absolute atomic E-state index is 0.130. The number of sulfone groups is 1. The largest absolute Gasteiger partial charge is 0.497 e. The Bertz CT molecular complexity index is 1060. The first-order valence-electron chi connectivity index (χ1n) is 8.15. The highest BCUT2D eigenvalue weighted by Crippen LogP contribution is 2.42. The van der Waals surface area contributed by atoms with Gasteiger partial charge in [0.25, 0.3) is 7.37 Å². The van der Waals surface area contributed by atoms with E-state index in [4.69, 9.17) is 9.26 Å². The van der Waals surface area contributed by atoms with Gasteiger partial charge in [-0.1, -0.05) is 18.2 Å². The predicted octanol–water partition coefficient (Wildman–Crippen LogP) is 4.14. The van der Waals surface area contributed by atoms with Crippen LogP contribution < -0.4 is 14.6 Å². The fourth-order valence-electron chi connectivity index (χ4n) is 2.52. The molecular weight excluding hydrogens is 383 g/mol. The Labute approximate surface area is 159 Å². The maximum Gasteiger partial charge on any atom is 0.274 e. The summed E-state index contributed by atoms with van der Waals surface area (Å²) in [7, 11) is -5.19. The Kier molecular flexibility index (Phi) is 5.40. The molecule has 27 heavy (non-hydrogen) atoms. The van der Waals surface area contributed by atoms with E-state index in [1.807, 2.05) is 6.07 Å². The lowest BCUT2D eigenvalue weighted by Gasteiger charge is -2.15. The van der Waals surface area contributed by atoms with Crippen LogP contribution in [0.3, 0.4) is 0 Å². The molecular formula is C20H19O5PS. The standard InChI is InChI=1S/C20H19O5PS/c1-24-16-8-12-19(13-9-16)27(22,23)20-14-10-17(11-15-20)25-26(2,21)18-6-4-3-5-7-18/h3-15H,1-2H3. The Balaban J connectivity index is 1.83. The van der Waals surface area contributed by atoms with E-state index in [1.165, 1.54) is 50.2 Å². The van der Waals surface area contributed by atoms with Crippen LogP contribution in [0.4, 0.5) is 0 Å². The minimum atomic E-state index is -3.66. The molecule has 5 nitrogen and oxygen atoms in total. The van der Waals surface area contributed by atoms with Crippen LogP contribution in [0.5, 0.6) is 11.5 Å². The van der Waals surface area contributed by atoms with Crippen LogP contribution >= 0.6 is 7.37 Å². The normalized spacial score (nSPS) is 13.6. The molecule has 0 saturated heterocycles. The van der Waals surface area contributed by atoms with Crippen LogP contribution in [0.15, 0.2) is 88.7 Å². The van der Waals surface area contributed by atoms with E-state index in [2.05, 4.69) is 0 Å². The summed E-state index contributed by atoms with van der Waals surface area (Å²) in [4.78, 5) is 0.299. The molecule has 3 aromatic rings. The quantitative estimate of drug-likeness (QED) is 0.580. The molecule has 0 amide bonds. The molecule has 3 aromatic carbocycles. The Morgan fingerprint density at radius 2 is 1.22 bits per heavy atom. The van der Waals surface area contributed by atoms with E-state index in [0.717, 1.165) is 0 Å². The monoisotopic (exact) mass is 402 g/mol. The number of benzene rings is 3. The van der Waals surface area contributed by atoms with Gasteiger partial charge >= 0.3 is 0 Å². The number of hydrogen-bond acceptors (Lipinski definition) is 5. The van der Waals surface area contributed by atoms with Crippen molar-refractivity contribution < 1.29 is 22.2 Å². The fraction of sp³-hybridized carbons (Fsp3) is 0.100. The zero-order chi connectivity index (χ0) is 19.5. The third-order valence-electron chi connectivity index (χ3n) is 4.01. The number of ether oxygens (including phenoxy) is 1. The van der Waals surface area contributed by atoms with Gasteiger partial charge in [-0.25, -0.2) is 8.42 Å². The van der Waals surface area contributed by atoms with Crippen molar-refractivity contribution in [2.75, 3.05) is 13.8 Å². The lowest BCUT2D eigenvalue weighted by Crippen LogP contribution is -2.08. The Morgan fingerprint density at radius 1 is 0.741 bits per heavy atom. The summed E-state index contributed by atoms with van der Waals surface area (Å²) < 4.78 is 48.9. The van der Waals surface area contributed by atoms with Gasteiger partial charge in [-0.15, -0.1) is 0 Å². The summed E-state index contributed by atoms with van der Waals surface area (Å²) in [5.74, 6) is 0.927. The molecule has 0 aliphatic carbocycles. The second kappa shape index (κ2) is 7.59. The summed E-state index contributed by atoms with van der Waals surface area (Å²) >= 11 is 0. The predicted molar refractivity (Wildman–Crippen MR) is 105 cm³/mol. The van der Waals surface area contributed by atoms with Crippen molar-refractivity contribution in [2.24, 2.45) is 0 Å². The van der Waals surface area contributed by atoms with E-state index < -0.39 is 17.2 Å². The molecule has 7 heteroatoms. The van der Waals surface area contributed by atoms with Crippen molar-refractivity contribution in [1.29, 1.82) is 0 Å². The Morgan fingerprint density at radius 3 is 1.70 bits per heavy atom. The van der Waals surface area contributed by atoms with E-state index in [-0.39, 0.29) is 9.79 Å². The first-order valence-corrected chi connectivity index (χ1v) is 11.7. The summed E-state index contributed by atoms with van der Waals surface area (Å²) in [6, 6.07) is 21.0. The van der Waals surface area contributed by atoms with Crippen molar-refractivity contribution in [3.63, 3.8) is 0 Å². The lowest BCUT2D eigenvalue weighted by atomic mass is 10.3. The van der Waals surface area contributed by atoms with Crippen molar-refractivity contribution >= 4 is 22.5 Å². The molecule has 0 N–H and O–H groups in total. The molecule has 0 aliphatic heterocycles. The first-order chi connectivity index (χ1) is 12.8. The molecule has 0 bridgehead atoms. The smallest absolute Gasteiger partial charge is 0.274 e. The van der Waals surface area contributed by atoms with E-state index in [1.54, 1.807) is 36.4 Å². The molecule has 140 valence electrons. The zero-order valence-corrected chi connectivity index (χ0v) is 16.6. The number of methoxy groups -OCH3 is 1.